The van der Waals surface area contributed by atoms with Crippen molar-refractivity contribution < 1.29 is 14.1 Å². The Hall–Kier alpha value is -2.84. The summed E-state index contributed by atoms with van der Waals surface area (Å²) in [6.07, 6.45) is 6.15. The maximum Gasteiger partial charge on any atom is 0.235 e. The molecule has 124 valence electrons. The standard InChI is InChI=1S/C15H16N6O3/c22-13-10(2-1-3-18-13)15(23)21-7-9(8-21)14-19-12(20-24-14)11-6-16-4-5-17-11/h4-6,9-10H,1-3,7-8H2,(H,18,22). The Labute approximate surface area is 137 Å². The van der Waals surface area contributed by atoms with Crippen molar-refractivity contribution in [2.45, 2.75) is 18.8 Å². The van der Waals surface area contributed by atoms with Gasteiger partial charge in [0.25, 0.3) is 0 Å². The number of aromatic nitrogens is 4. The summed E-state index contributed by atoms with van der Waals surface area (Å²) in [5.74, 6) is 0.0212. The van der Waals surface area contributed by atoms with E-state index in [4.69, 9.17) is 4.52 Å². The van der Waals surface area contributed by atoms with E-state index in [0.717, 1.165) is 6.42 Å². The van der Waals surface area contributed by atoms with Crippen LogP contribution >= 0.6 is 0 Å². The molecule has 4 rings (SSSR count). The van der Waals surface area contributed by atoms with Crippen LogP contribution in [0.25, 0.3) is 11.5 Å². The number of hydrogen-bond donors (Lipinski definition) is 1. The summed E-state index contributed by atoms with van der Waals surface area (Å²) in [6.45, 7) is 1.63. The second kappa shape index (κ2) is 5.99. The van der Waals surface area contributed by atoms with Crippen LogP contribution in [0.3, 0.4) is 0 Å². The summed E-state index contributed by atoms with van der Waals surface area (Å²) in [5.41, 5.74) is 0.540. The molecule has 2 aromatic heterocycles. The highest BCUT2D eigenvalue weighted by atomic mass is 16.5. The first-order chi connectivity index (χ1) is 11.7. The zero-order valence-electron chi connectivity index (χ0n) is 12.9. The van der Waals surface area contributed by atoms with Gasteiger partial charge in [0, 0.05) is 32.0 Å². The highest BCUT2D eigenvalue weighted by Crippen LogP contribution is 2.29. The SMILES string of the molecule is O=C1NCCCC1C(=O)N1CC(c2nc(-c3cnccn3)no2)C1. The number of rotatable bonds is 3. The van der Waals surface area contributed by atoms with Crippen molar-refractivity contribution in [1.29, 1.82) is 0 Å². The molecule has 0 spiro atoms. The van der Waals surface area contributed by atoms with Crippen molar-refractivity contribution in [3.8, 4) is 11.5 Å². The molecule has 1 unspecified atom stereocenters. The molecule has 2 saturated heterocycles. The lowest BCUT2D eigenvalue weighted by atomic mass is 9.92. The Kier molecular flexibility index (Phi) is 3.68. The van der Waals surface area contributed by atoms with Crippen molar-refractivity contribution >= 4 is 11.8 Å². The molecular weight excluding hydrogens is 312 g/mol. The Balaban J connectivity index is 1.38. The molecule has 1 atom stereocenters. The zero-order valence-corrected chi connectivity index (χ0v) is 12.9. The first kappa shape index (κ1) is 14.7. The van der Waals surface area contributed by atoms with E-state index in [1.165, 1.54) is 0 Å². The van der Waals surface area contributed by atoms with Gasteiger partial charge in [0.2, 0.25) is 23.5 Å². The molecule has 2 fully saturated rings. The largest absolute Gasteiger partial charge is 0.355 e. The topological polar surface area (TPSA) is 114 Å². The highest BCUT2D eigenvalue weighted by molar-refractivity contribution is 6.01. The quantitative estimate of drug-likeness (QED) is 0.787. The third-order valence-corrected chi connectivity index (χ3v) is 4.36. The lowest BCUT2D eigenvalue weighted by Gasteiger charge is -2.39. The Bertz CT molecular complexity index is 756. The predicted octanol–water partition coefficient (Wildman–Crippen LogP) is -0.0214. The number of carbonyl (C=O) groups is 2. The normalized spacial score (nSPS) is 21.2. The molecule has 2 aromatic rings. The van der Waals surface area contributed by atoms with Crippen molar-refractivity contribution in [1.82, 2.24) is 30.3 Å². The highest BCUT2D eigenvalue weighted by Gasteiger charge is 2.40. The van der Waals surface area contributed by atoms with E-state index in [0.29, 0.717) is 43.5 Å². The Morgan fingerprint density at radius 3 is 2.96 bits per heavy atom. The van der Waals surface area contributed by atoms with E-state index in [1.807, 2.05) is 0 Å². The molecule has 0 bridgehead atoms. The molecule has 0 aromatic carbocycles. The van der Waals surface area contributed by atoms with Crippen LogP contribution in [0.4, 0.5) is 0 Å². The first-order valence-electron chi connectivity index (χ1n) is 7.89. The maximum absolute atomic E-state index is 12.4. The number of nitrogens with one attached hydrogen (secondary N) is 1. The van der Waals surface area contributed by atoms with Crippen LogP contribution in [0.5, 0.6) is 0 Å². The molecule has 2 aliphatic heterocycles. The van der Waals surface area contributed by atoms with Crippen molar-refractivity contribution in [2.75, 3.05) is 19.6 Å². The van der Waals surface area contributed by atoms with Crippen molar-refractivity contribution in [3.63, 3.8) is 0 Å². The van der Waals surface area contributed by atoms with Crippen LogP contribution in [0.15, 0.2) is 23.1 Å². The molecular formula is C15H16N6O3. The predicted molar refractivity (Wildman–Crippen MR) is 80.4 cm³/mol. The van der Waals surface area contributed by atoms with Gasteiger partial charge in [-0.3, -0.25) is 14.6 Å². The number of carbonyl (C=O) groups excluding carboxylic acids is 2. The van der Waals surface area contributed by atoms with Gasteiger partial charge in [0.1, 0.15) is 11.6 Å². The second-order valence-electron chi connectivity index (χ2n) is 5.97. The van der Waals surface area contributed by atoms with Crippen LogP contribution < -0.4 is 5.32 Å². The number of hydrogen-bond acceptors (Lipinski definition) is 7. The second-order valence-corrected chi connectivity index (χ2v) is 5.97. The van der Waals surface area contributed by atoms with E-state index < -0.39 is 5.92 Å². The minimum atomic E-state index is -0.558. The molecule has 9 heteroatoms. The molecule has 9 nitrogen and oxygen atoms in total. The molecule has 2 amide bonds. The van der Waals surface area contributed by atoms with Gasteiger partial charge in [-0.2, -0.15) is 4.98 Å². The number of likely N-dealkylation sites (tertiary alicyclic amines) is 1. The van der Waals surface area contributed by atoms with Crippen LogP contribution in [-0.2, 0) is 9.59 Å². The Morgan fingerprint density at radius 2 is 2.21 bits per heavy atom. The summed E-state index contributed by atoms with van der Waals surface area (Å²) < 4.78 is 5.27. The minimum absolute atomic E-state index is 0.00137. The van der Waals surface area contributed by atoms with Crippen LogP contribution in [0.2, 0.25) is 0 Å². The number of nitrogens with zero attached hydrogens (tertiary/aromatic N) is 5. The molecule has 0 saturated carbocycles. The molecule has 0 aliphatic carbocycles. The average Bonchev–Trinajstić information content (AvgIpc) is 3.04. The third kappa shape index (κ3) is 2.61. The minimum Gasteiger partial charge on any atom is -0.355 e. The van der Waals surface area contributed by atoms with Crippen LogP contribution in [0, 0.1) is 5.92 Å². The third-order valence-electron chi connectivity index (χ3n) is 4.36. The van der Waals surface area contributed by atoms with Crippen LogP contribution in [0.1, 0.15) is 24.7 Å². The van der Waals surface area contributed by atoms with Gasteiger partial charge < -0.3 is 14.7 Å². The van der Waals surface area contributed by atoms with E-state index >= 15 is 0 Å². The van der Waals surface area contributed by atoms with E-state index in [9.17, 15) is 9.59 Å². The lowest BCUT2D eigenvalue weighted by molar-refractivity contribution is -0.147. The molecule has 24 heavy (non-hydrogen) atoms. The Morgan fingerprint density at radius 1 is 1.33 bits per heavy atom. The summed E-state index contributed by atoms with van der Waals surface area (Å²) in [5, 5.41) is 6.65. The van der Waals surface area contributed by atoms with E-state index in [1.54, 1.807) is 23.5 Å². The molecule has 4 heterocycles. The molecule has 0 radical (unpaired) electrons. The molecule has 1 N–H and O–H groups in total. The van der Waals surface area contributed by atoms with Gasteiger partial charge in [-0.1, -0.05) is 5.16 Å². The van der Waals surface area contributed by atoms with Crippen molar-refractivity contribution in [2.24, 2.45) is 5.92 Å². The monoisotopic (exact) mass is 328 g/mol. The summed E-state index contributed by atoms with van der Waals surface area (Å²) in [7, 11) is 0. The van der Waals surface area contributed by atoms with Gasteiger partial charge in [-0.25, -0.2) is 4.98 Å². The van der Waals surface area contributed by atoms with Crippen molar-refractivity contribution in [3.05, 3.63) is 24.5 Å². The number of amides is 2. The van der Waals surface area contributed by atoms with E-state index in [2.05, 4.69) is 25.4 Å². The lowest BCUT2D eigenvalue weighted by Crippen LogP contribution is -2.54. The zero-order chi connectivity index (χ0) is 16.5. The maximum atomic E-state index is 12.4. The summed E-state index contributed by atoms with van der Waals surface area (Å²) in [6, 6.07) is 0. The van der Waals surface area contributed by atoms with E-state index in [-0.39, 0.29) is 17.7 Å². The van der Waals surface area contributed by atoms with Crippen LogP contribution in [-0.4, -0.2) is 56.5 Å². The first-order valence-corrected chi connectivity index (χ1v) is 7.89. The smallest absolute Gasteiger partial charge is 0.235 e. The molecule has 2 aliphatic rings. The van der Waals surface area contributed by atoms with Gasteiger partial charge in [-0.15, -0.1) is 0 Å². The fraction of sp³-hybridized carbons (Fsp3) is 0.467. The van der Waals surface area contributed by atoms with Gasteiger partial charge in [-0.05, 0) is 12.8 Å². The van der Waals surface area contributed by atoms with Gasteiger partial charge in [0.05, 0.1) is 12.1 Å². The van der Waals surface area contributed by atoms with Gasteiger partial charge >= 0.3 is 0 Å². The summed E-state index contributed by atoms with van der Waals surface area (Å²) in [4.78, 5) is 38.2. The average molecular weight is 328 g/mol. The fourth-order valence-electron chi connectivity index (χ4n) is 2.96. The number of piperidine rings is 1. The van der Waals surface area contributed by atoms with Gasteiger partial charge in [0.15, 0.2) is 0 Å². The fourth-order valence-corrected chi connectivity index (χ4v) is 2.96. The summed E-state index contributed by atoms with van der Waals surface area (Å²) >= 11 is 0.